The third-order valence-electron chi connectivity index (χ3n) is 5.54. The molecule has 1 aromatic heterocycles. The molecule has 0 bridgehead atoms. The van der Waals surface area contributed by atoms with E-state index in [0.717, 1.165) is 43.9 Å². The Labute approximate surface area is 182 Å². The predicted octanol–water partition coefficient (Wildman–Crippen LogP) is 3.06. The number of halogens is 1. The number of pyridine rings is 1. The summed E-state index contributed by atoms with van der Waals surface area (Å²) in [6, 6.07) is 18.8. The van der Waals surface area contributed by atoms with Crippen LogP contribution in [0.4, 0.5) is 10.1 Å². The molecule has 0 amide bonds. The highest BCUT2D eigenvalue weighted by atomic mass is 32.2. The van der Waals surface area contributed by atoms with E-state index in [0.29, 0.717) is 0 Å². The van der Waals surface area contributed by atoms with Crippen LogP contribution in [-0.2, 0) is 10.0 Å². The van der Waals surface area contributed by atoms with Crippen LogP contribution in [0, 0.1) is 5.82 Å². The molecule has 6 nitrogen and oxygen atoms in total. The van der Waals surface area contributed by atoms with E-state index >= 15 is 0 Å². The van der Waals surface area contributed by atoms with E-state index < -0.39 is 15.8 Å². The minimum Gasteiger partial charge on any atom is -0.369 e. The van der Waals surface area contributed by atoms with Crippen LogP contribution in [0.2, 0.25) is 0 Å². The summed E-state index contributed by atoms with van der Waals surface area (Å²) in [7, 11) is -3.75. The van der Waals surface area contributed by atoms with Gasteiger partial charge in [-0.2, -0.15) is 0 Å². The molecule has 2 aromatic carbocycles. The lowest BCUT2D eigenvalue weighted by molar-refractivity contribution is 0.186. The molecule has 0 radical (unpaired) electrons. The summed E-state index contributed by atoms with van der Waals surface area (Å²) in [6.45, 7) is 3.51. The molecule has 1 atom stereocenters. The molecule has 0 unspecified atom stereocenters. The second kappa shape index (κ2) is 9.55. The first-order chi connectivity index (χ1) is 15.0. The van der Waals surface area contributed by atoms with Crippen LogP contribution in [0.25, 0.3) is 0 Å². The zero-order chi connectivity index (χ0) is 21.7. The van der Waals surface area contributed by atoms with E-state index in [1.165, 1.54) is 17.8 Å². The van der Waals surface area contributed by atoms with Crippen molar-refractivity contribution in [2.24, 2.45) is 0 Å². The van der Waals surface area contributed by atoms with Crippen molar-refractivity contribution in [3.8, 4) is 0 Å². The first kappa shape index (κ1) is 21.4. The highest BCUT2D eigenvalue weighted by Crippen LogP contribution is 2.24. The monoisotopic (exact) mass is 440 g/mol. The first-order valence-electron chi connectivity index (χ1n) is 10.2. The number of sulfonamides is 1. The van der Waals surface area contributed by atoms with Crippen molar-refractivity contribution in [3.05, 3.63) is 90.5 Å². The summed E-state index contributed by atoms with van der Waals surface area (Å²) in [4.78, 5) is 8.88. The molecule has 0 spiro atoms. The molecule has 1 fully saturated rings. The summed E-state index contributed by atoms with van der Waals surface area (Å²) in [5.41, 5.74) is 2.15. The van der Waals surface area contributed by atoms with Crippen LogP contribution in [0.3, 0.4) is 0 Å². The molecule has 1 aliphatic rings. The van der Waals surface area contributed by atoms with Gasteiger partial charge in [-0.05, 0) is 48.0 Å². The van der Waals surface area contributed by atoms with Crippen molar-refractivity contribution in [3.63, 3.8) is 0 Å². The Morgan fingerprint density at radius 2 is 1.65 bits per heavy atom. The van der Waals surface area contributed by atoms with Crippen molar-refractivity contribution in [2.75, 3.05) is 37.6 Å². The van der Waals surface area contributed by atoms with E-state index in [1.54, 1.807) is 12.4 Å². The fraction of sp³-hybridized carbons (Fsp3) is 0.261. The number of hydrogen-bond acceptors (Lipinski definition) is 5. The van der Waals surface area contributed by atoms with E-state index in [1.807, 2.05) is 30.3 Å². The maximum absolute atomic E-state index is 13.2. The Morgan fingerprint density at radius 1 is 0.935 bits per heavy atom. The zero-order valence-corrected chi connectivity index (χ0v) is 17.9. The average molecular weight is 441 g/mol. The van der Waals surface area contributed by atoms with Crippen molar-refractivity contribution in [2.45, 2.75) is 10.9 Å². The summed E-state index contributed by atoms with van der Waals surface area (Å²) >= 11 is 0. The third kappa shape index (κ3) is 5.28. The van der Waals surface area contributed by atoms with Gasteiger partial charge in [0, 0.05) is 50.8 Å². The van der Waals surface area contributed by atoms with Crippen molar-refractivity contribution in [1.29, 1.82) is 0 Å². The largest absolute Gasteiger partial charge is 0.369 e. The Balaban J connectivity index is 1.47. The van der Waals surface area contributed by atoms with Gasteiger partial charge in [-0.25, -0.2) is 17.5 Å². The maximum Gasteiger partial charge on any atom is 0.240 e. The van der Waals surface area contributed by atoms with Gasteiger partial charge in [-0.3, -0.25) is 9.88 Å². The fourth-order valence-corrected chi connectivity index (χ4v) is 4.89. The summed E-state index contributed by atoms with van der Waals surface area (Å²) in [6.07, 6.45) is 3.48. The van der Waals surface area contributed by atoms with Crippen LogP contribution >= 0.6 is 0 Å². The van der Waals surface area contributed by atoms with E-state index in [9.17, 15) is 12.8 Å². The SMILES string of the molecule is O=S(=O)(NC[C@H](c1cccnc1)N1CCN(c2ccccc2)CC1)c1ccc(F)cc1. The number of aromatic nitrogens is 1. The predicted molar refractivity (Wildman–Crippen MR) is 119 cm³/mol. The molecular formula is C23H25FN4O2S. The van der Waals surface area contributed by atoms with Crippen molar-refractivity contribution in [1.82, 2.24) is 14.6 Å². The van der Waals surface area contributed by atoms with Crippen LogP contribution < -0.4 is 9.62 Å². The minimum atomic E-state index is -3.75. The highest BCUT2D eigenvalue weighted by Gasteiger charge is 2.27. The normalized spacial score (nSPS) is 16.2. The van der Waals surface area contributed by atoms with E-state index in [4.69, 9.17) is 0 Å². The van der Waals surface area contributed by atoms with E-state index in [2.05, 4.69) is 31.6 Å². The number of anilines is 1. The Hall–Kier alpha value is -2.81. The second-order valence-corrected chi connectivity index (χ2v) is 9.23. The topological polar surface area (TPSA) is 65.5 Å². The molecule has 3 aromatic rings. The highest BCUT2D eigenvalue weighted by molar-refractivity contribution is 7.89. The van der Waals surface area contributed by atoms with Gasteiger partial charge in [0.25, 0.3) is 0 Å². The molecule has 8 heteroatoms. The van der Waals surface area contributed by atoms with Gasteiger partial charge in [0.05, 0.1) is 10.9 Å². The molecule has 1 N–H and O–H groups in total. The lowest BCUT2D eigenvalue weighted by Gasteiger charge is -2.40. The smallest absolute Gasteiger partial charge is 0.240 e. The van der Waals surface area contributed by atoms with Gasteiger partial charge < -0.3 is 4.90 Å². The zero-order valence-electron chi connectivity index (χ0n) is 17.1. The number of benzene rings is 2. The number of rotatable bonds is 7. The molecule has 0 aliphatic carbocycles. The van der Waals surface area contributed by atoms with Gasteiger partial charge >= 0.3 is 0 Å². The summed E-state index contributed by atoms with van der Waals surface area (Å²) < 4.78 is 41.3. The molecule has 1 aliphatic heterocycles. The third-order valence-corrected chi connectivity index (χ3v) is 6.98. The summed E-state index contributed by atoms with van der Waals surface area (Å²) in [5.74, 6) is -0.469. The number of para-hydroxylation sites is 1. The Morgan fingerprint density at radius 3 is 2.29 bits per heavy atom. The van der Waals surface area contributed by atoms with Gasteiger partial charge in [0.15, 0.2) is 0 Å². The number of piperazine rings is 1. The molecule has 0 saturated carbocycles. The van der Waals surface area contributed by atoms with Crippen LogP contribution in [0.15, 0.2) is 84.0 Å². The Bertz CT molecular complexity index is 1070. The lowest BCUT2D eigenvalue weighted by Crippen LogP contribution is -2.49. The number of hydrogen-bond donors (Lipinski definition) is 1. The molecule has 4 rings (SSSR count). The molecular weight excluding hydrogens is 415 g/mol. The standard InChI is InChI=1S/C23H25FN4O2S/c24-20-8-10-22(11-9-20)31(29,30)26-18-23(19-5-4-12-25-17-19)28-15-13-27(14-16-28)21-6-2-1-3-7-21/h1-12,17,23,26H,13-16,18H2/t23-/m1/s1. The average Bonchev–Trinajstić information content (AvgIpc) is 2.81. The van der Waals surface area contributed by atoms with Gasteiger partial charge in [-0.15, -0.1) is 0 Å². The first-order valence-corrected chi connectivity index (χ1v) is 11.7. The van der Waals surface area contributed by atoms with Crippen LogP contribution in [-0.4, -0.2) is 51.0 Å². The summed E-state index contributed by atoms with van der Waals surface area (Å²) in [5, 5.41) is 0. The molecule has 31 heavy (non-hydrogen) atoms. The molecule has 1 saturated heterocycles. The molecule has 2 heterocycles. The van der Waals surface area contributed by atoms with Gasteiger partial charge in [0.1, 0.15) is 5.82 Å². The van der Waals surface area contributed by atoms with Crippen molar-refractivity contribution >= 4 is 15.7 Å². The second-order valence-electron chi connectivity index (χ2n) is 7.47. The lowest BCUT2D eigenvalue weighted by atomic mass is 10.1. The van der Waals surface area contributed by atoms with Crippen LogP contribution in [0.1, 0.15) is 11.6 Å². The quantitative estimate of drug-likeness (QED) is 0.612. The minimum absolute atomic E-state index is 0.0488. The van der Waals surface area contributed by atoms with Crippen molar-refractivity contribution < 1.29 is 12.8 Å². The number of nitrogens with one attached hydrogen (secondary N) is 1. The molecule has 162 valence electrons. The fourth-order valence-electron chi connectivity index (χ4n) is 3.85. The van der Waals surface area contributed by atoms with E-state index in [-0.39, 0.29) is 17.5 Å². The Kier molecular flexibility index (Phi) is 6.60. The van der Waals surface area contributed by atoms with Crippen LogP contribution in [0.5, 0.6) is 0 Å². The van der Waals surface area contributed by atoms with Gasteiger partial charge in [0.2, 0.25) is 10.0 Å². The number of nitrogens with zero attached hydrogens (tertiary/aromatic N) is 3. The maximum atomic E-state index is 13.2. The van der Waals surface area contributed by atoms with Gasteiger partial charge in [-0.1, -0.05) is 24.3 Å².